The van der Waals surface area contributed by atoms with E-state index < -0.39 is 0 Å². The van der Waals surface area contributed by atoms with Crippen LogP contribution in [0.5, 0.6) is 0 Å². The summed E-state index contributed by atoms with van der Waals surface area (Å²) in [6.45, 7) is 0. The van der Waals surface area contributed by atoms with Crippen LogP contribution in [-0.4, -0.2) is 19.9 Å². The smallest absolute Gasteiger partial charge is 0.164 e. The largest absolute Gasteiger partial charge is 0.247 e. The van der Waals surface area contributed by atoms with Crippen molar-refractivity contribution in [2.24, 2.45) is 0 Å². The Morgan fingerprint density at radius 2 is 0.772 bits per heavy atom. The summed E-state index contributed by atoms with van der Waals surface area (Å²) in [6.07, 6.45) is 0. The Morgan fingerprint density at radius 3 is 1.44 bits per heavy atom. The maximum atomic E-state index is 5.28. The summed E-state index contributed by atoms with van der Waals surface area (Å²) in [5.41, 5.74) is 10.6. The average molecular weight is 745 g/mol. The van der Waals surface area contributed by atoms with Crippen LogP contribution in [0.25, 0.3) is 110 Å². The average Bonchev–Trinajstić information content (AvgIpc) is 3.68. The molecule has 11 rings (SSSR count). The molecule has 0 aliphatic carbocycles. The lowest BCUT2D eigenvalue weighted by atomic mass is 9.92. The Bertz CT molecular complexity index is 3210. The number of rotatable bonds is 6. The van der Waals surface area contributed by atoms with Gasteiger partial charge in [0.15, 0.2) is 17.5 Å². The van der Waals surface area contributed by atoms with Gasteiger partial charge in [0.1, 0.15) is 0 Å². The third kappa shape index (κ3) is 5.84. The van der Waals surface area contributed by atoms with Crippen LogP contribution in [-0.2, 0) is 0 Å². The number of fused-ring (bicyclic) bond motifs is 6. The zero-order chi connectivity index (χ0) is 37.7. The molecule has 0 bridgehead atoms. The molecule has 266 valence electrons. The first-order chi connectivity index (χ1) is 28.2. The topological polar surface area (TPSA) is 51.6 Å². The molecule has 0 unspecified atom stereocenters. The molecule has 3 heterocycles. The van der Waals surface area contributed by atoms with Crippen molar-refractivity contribution >= 4 is 53.2 Å². The van der Waals surface area contributed by atoms with E-state index in [4.69, 9.17) is 19.9 Å². The lowest BCUT2D eigenvalue weighted by molar-refractivity contribution is 1.07. The fourth-order valence-corrected chi connectivity index (χ4v) is 9.22. The predicted octanol–water partition coefficient (Wildman–Crippen LogP) is 13.9. The van der Waals surface area contributed by atoms with Crippen molar-refractivity contribution in [1.29, 1.82) is 0 Å². The fraction of sp³-hybridized carbons (Fsp3) is 0. The van der Waals surface area contributed by atoms with Gasteiger partial charge in [0.25, 0.3) is 0 Å². The second-order valence-electron chi connectivity index (χ2n) is 14.2. The number of para-hydroxylation sites is 1. The molecule has 11 aromatic rings. The van der Waals surface area contributed by atoms with E-state index in [1.54, 1.807) is 0 Å². The molecular weight excluding hydrogens is 713 g/mol. The van der Waals surface area contributed by atoms with E-state index in [-0.39, 0.29) is 0 Å². The SMILES string of the molecule is c1ccc(-c2nc(-c3ccccc3)nc(-c3ccc(-c4nc5ccccc5c5c(-c6ccc(-c7cccc8c7sc7ccccc78)cc6)cccc45)cc3)n2)cc1. The molecule has 57 heavy (non-hydrogen) atoms. The maximum absolute atomic E-state index is 5.28. The summed E-state index contributed by atoms with van der Waals surface area (Å²) >= 11 is 1.87. The highest BCUT2D eigenvalue weighted by atomic mass is 32.1. The van der Waals surface area contributed by atoms with E-state index in [2.05, 4.69) is 133 Å². The number of benzene rings is 8. The van der Waals surface area contributed by atoms with E-state index >= 15 is 0 Å². The standard InChI is InChI=1S/C52H32N4S/c1-3-13-36(14-4-1)50-54-51(37-15-5-2-6-16-37)56-52(55-50)38-31-29-35(30-32-38)48-44-22-11-19-39(47(44)43-18-7-9-23-45(43)53-48)33-25-27-34(28-26-33)40-20-12-21-42-41-17-8-10-24-46(41)57-49(40)42/h1-32H. The van der Waals surface area contributed by atoms with Gasteiger partial charge < -0.3 is 0 Å². The highest BCUT2D eigenvalue weighted by Gasteiger charge is 2.17. The van der Waals surface area contributed by atoms with Gasteiger partial charge in [-0.3, -0.25) is 0 Å². The van der Waals surface area contributed by atoms with Gasteiger partial charge in [-0.05, 0) is 34.4 Å². The van der Waals surface area contributed by atoms with Crippen LogP contribution in [0.1, 0.15) is 0 Å². The van der Waals surface area contributed by atoms with Gasteiger partial charge >= 0.3 is 0 Å². The lowest BCUT2D eigenvalue weighted by Gasteiger charge is -2.15. The Morgan fingerprint density at radius 1 is 0.298 bits per heavy atom. The van der Waals surface area contributed by atoms with E-state index in [1.165, 1.54) is 47.8 Å². The molecule has 0 N–H and O–H groups in total. The predicted molar refractivity (Wildman–Crippen MR) is 238 cm³/mol. The highest BCUT2D eigenvalue weighted by molar-refractivity contribution is 7.26. The summed E-state index contributed by atoms with van der Waals surface area (Å²) < 4.78 is 2.64. The van der Waals surface area contributed by atoms with Gasteiger partial charge in [0.05, 0.1) is 11.2 Å². The number of hydrogen-bond donors (Lipinski definition) is 0. The van der Waals surface area contributed by atoms with E-state index in [0.717, 1.165) is 44.2 Å². The molecule has 3 aromatic heterocycles. The third-order valence-corrected chi connectivity index (χ3v) is 12.0. The minimum Gasteiger partial charge on any atom is -0.247 e. The zero-order valence-corrected chi connectivity index (χ0v) is 31.5. The number of thiophene rings is 1. The Labute approximate surface area is 333 Å². The first-order valence-corrected chi connectivity index (χ1v) is 19.9. The molecule has 0 saturated heterocycles. The number of nitrogens with zero attached hydrogens (tertiary/aromatic N) is 4. The van der Waals surface area contributed by atoms with Crippen molar-refractivity contribution in [1.82, 2.24) is 19.9 Å². The van der Waals surface area contributed by atoms with Gasteiger partial charge in [0, 0.05) is 58.6 Å². The molecule has 0 fully saturated rings. The molecule has 0 amide bonds. The number of pyridine rings is 1. The lowest BCUT2D eigenvalue weighted by Crippen LogP contribution is -2.00. The van der Waals surface area contributed by atoms with Gasteiger partial charge in [-0.15, -0.1) is 11.3 Å². The quantitative estimate of drug-likeness (QED) is 0.159. The number of hydrogen-bond acceptors (Lipinski definition) is 5. The molecule has 4 nitrogen and oxygen atoms in total. The molecule has 0 atom stereocenters. The van der Waals surface area contributed by atoms with Gasteiger partial charge in [-0.1, -0.05) is 182 Å². The van der Waals surface area contributed by atoms with E-state index in [9.17, 15) is 0 Å². The highest BCUT2D eigenvalue weighted by Crippen LogP contribution is 2.42. The van der Waals surface area contributed by atoms with Crippen LogP contribution in [0, 0.1) is 0 Å². The molecule has 0 aliphatic heterocycles. The Kier molecular flexibility index (Phi) is 7.97. The summed E-state index contributed by atoms with van der Waals surface area (Å²) in [4.78, 5) is 20.0. The van der Waals surface area contributed by atoms with E-state index in [1.807, 2.05) is 72.0 Å². The number of aromatic nitrogens is 4. The normalized spacial score (nSPS) is 11.5. The first kappa shape index (κ1) is 33.0. The van der Waals surface area contributed by atoms with Crippen molar-refractivity contribution in [2.75, 3.05) is 0 Å². The monoisotopic (exact) mass is 744 g/mol. The zero-order valence-electron chi connectivity index (χ0n) is 30.7. The molecule has 8 aromatic carbocycles. The first-order valence-electron chi connectivity index (χ1n) is 19.1. The molecule has 5 heteroatoms. The van der Waals surface area contributed by atoms with Gasteiger partial charge in [-0.2, -0.15) is 0 Å². The van der Waals surface area contributed by atoms with Crippen LogP contribution in [0.4, 0.5) is 0 Å². The molecule has 0 aliphatic rings. The third-order valence-electron chi connectivity index (χ3n) is 10.8. The molecule has 0 spiro atoms. The van der Waals surface area contributed by atoms with Crippen molar-refractivity contribution in [3.05, 3.63) is 194 Å². The van der Waals surface area contributed by atoms with Crippen LogP contribution >= 0.6 is 11.3 Å². The second-order valence-corrected chi connectivity index (χ2v) is 15.2. The van der Waals surface area contributed by atoms with Crippen LogP contribution in [0.2, 0.25) is 0 Å². The molecular formula is C52H32N4S. The minimum absolute atomic E-state index is 0.625. The maximum Gasteiger partial charge on any atom is 0.164 e. The second kappa shape index (κ2) is 13.7. The molecule has 0 radical (unpaired) electrons. The van der Waals surface area contributed by atoms with Gasteiger partial charge in [-0.25, -0.2) is 19.9 Å². The van der Waals surface area contributed by atoms with Crippen LogP contribution in [0.15, 0.2) is 194 Å². The fourth-order valence-electron chi connectivity index (χ4n) is 7.98. The minimum atomic E-state index is 0.625. The summed E-state index contributed by atoms with van der Waals surface area (Å²) in [6, 6.07) is 68.1. The van der Waals surface area contributed by atoms with Crippen LogP contribution in [0.3, 0.4) is 0 Å². The Hall–Kier alpha value is -7.34. The van der Waals surface area contributed by atoms with Crippen molar-refractivity contribution in [2.45, 2.75) is 0 Å². The van der Waals surface area contributed by atoms with Crippen molar-refractivity contribution in [3.63, 3.8) is 0 Å². The van der Waals surface area contributed by atoms with Crippen molar-refractivity contribution in [3.8, 4) is 67.7 Å². The van der Waals surface area contributed by atoms with Gasteiger partial charge in [0.2, 0.25) is 0 Å². The van der Waals surface area contributed by atoms with Crippen LogP contribution < -0.4 is 0 Å². The van der Waals surface area contributed by atoms with Crippen molar-refractivity contribution < 1.29 is 0 Å². The summed E-state index contributed by atoms with van der Waals surface area (Å²) in [7, 11) is 0. The summed E-state index contributed by atoms with van der Waals surface area (Å²) in [5, 5.41) is 6.07. The summed E-state index contributed by atoms with van der Waals surface area (Å²) in [5.74, 6) is 1.91. The Balaban J connectivity index is 1.00. The van der Waals surface area contributed by atoms with E-state index in [0.29, 0.717) is 17.5 Å². The molecule has 0 saturated carbocycles.